The standard InChI is InChI=1S/C35H45N3O7S/c1-6-31(35(40)36-27-10-8-7-9-11-27)37(23-26-14-16-28(43-3)17-15-26)34(39)24-38(32-22-29(44-4)18-21-33(32)45-5)46(41,42)30-19-12-25(2)13-20-30/h12-22,27,31H,6-11,23-24H2,1-5H3,(H,36,40). The molecule has 0 saturated heterocycles. The van der Waals surface area contributed by atoms with Crippen LogP contribution in [0.1, 0.15) is 56.6 Å². The number of rotatable bonds is 14. The summed E-state index contributed by atoms with van der Waals surface area (Å²) in [7, 11) is 0.200. The molecule has 1 atom stereocenters. The number of hydrogen-bond acceptors (Lipinski definition) is 7. The minimum Gasteiger partial charge on any atom is -0.497 e. The van der Waals surface area contributed by atoms with Crippen LogP contribution in [0.15, 0.2) is 71.6 Å². The van der Waals surface area contributed by atoms with Crippen LogP contribution in [0.2, 0.25) is 0 Å². The third kappa shape index (κ3) is 8.31. The third-order valence-corrected chi connectivity index (χ3v) is 10.2. The molecule has 4 rings (SSSR count). The van der Waals surface area contributed by atoms with Crippen LogP contribution in [-0.2, 0) is 26.2 Å². The summed E-state index contributed by atoms with van der Waals surface area (Å²) in [5.41, 5.74) is 1.80. The van der Waals surface area contributed by atoms with Crippen molar-refractivity contribution < 1.29 is 32.2 Å². The smallest absolute Gasteiger partial charge is 0.264 e. The summed E-state index contributed by atoms with van der Waals surface area (Å²) in [5, 5.41) is 3.17. The first kappa shape index (κ1) is 34.6. The van der Waals surface area contributed by atoms with E-state index in [-0.39, 0.29) is 34.8 Å². The van der Waals surface area contributed by atoms with Crippen molar-refractivity contribution in [3.05, 3.63) is 77.9 Å². The largest absolute Gasteiger partial charge is 0.497 e. The molecule has 1 N–H and O–H groups in total. The number of carbonyl (C=O) groups is 2. The van der Waals surface area contributed by atoms with Gasteiger partial charge < -0.3 is 24.4 Å². The van der Waals surface area contributed by atoms with Crippen molar-refractivity contribution in [1.82, 2.24) is 10.2 Å². The predicted molar refractivity (Wildman–Crippen MR) is 178 cm³/mol. The van der Waals surface area contributed by atoms with Gasteiger partial charge in [0.25, 0.3) is 10.0 Å². The summed E-state index contributed by atoms with van der Waals surface area (Å²) < 4.78 is 45.9. The maximum absolute atomic E-state index is 14.5. The molecule has 3 aromatic carbocycles. The molecular formula is C35H45N3O7S. The third-order valence-electron chi connectivity index (χ3n) is 8.39. The number of benzene rings is 3. The van der Waals surface area contributed by atoms with Gasteiger partial charge >= 0.3 is 0 Å². The van der Waals surface area contributed by atoms with Crippen LogP contribution in [0, 0.1) is 6.92 Å². The molecule has 248 valence electrons. The van der Waals surface area contributed by atoms with Gasteiger partial charge in [-0.3, -0.25) is 13.9 Å². The summed E-state index contributed by atoms with van der Waals surface area (Å²) in [4.78, 5) is 29.7. The van der Waals surface area contributed by atoms with E-state index in [0.29, 0.717) is 17.9 Å². The number of anilines is 1. The normalized spacial score (nSPS) is 14.2. The summed E-state index contributed by atoms with van der Waals surface area (Å²) in [5.74, 6) is 0.503. The van der Waals surface area contributed by atoms with Gasteiger partial charge in [-0.1, -0.05) is 56.0 Å². The second-order valence-electron chi connectivity index (χ2n) is 11.5. The Hall–Kier alpha value is -4.25. The zero-order valence-electron chi connectivity index (χ0n) is 27.3. The van der Waals surface area contributed by atoms with Crippen molar-refractivity contribution in [2.24, 2.45) is 0 Å². The zero-order chi connectivity index (χ0) is 33.3. The van der Waals surface area contributed by atoms with Crippen molar-refractivity contribution in [2.75, 3.05) is 32.2 Å². The fourth-order valence-corrected chi connectivity index (χ4v) is 7.15. The van der Waals surface area contributed by atoms with Crippen LogP contribution < -0.4 is 23.8 Å². The molecule has 0 aromatic heterocycles. The van der Waals surface area contributed by atoms with Crippen molar-refractivity contribution in [3.8, 4) is 17.2 Å². The lowest BCUT2D eigenvalue weighted by molar-refractivity contribution is -0.140. The quantitative estimate of drug-likeness (QED) is 0.246. The minimum absolute atomic E-state index is 0.0135. The molecule has 0 heterocycles. The van der Waals surface area contributed by atoms with Gasteiger partial charge in [-0.25, -0.2) is 8.42 Å². The second-order valence-corrected chi connectivity index (χ2v) is 13.4. The lowest BCUT2D eigenvalue weighted by atomic mass is 9.95. The highest BCUT2D eigenvalue weighted by molar-refractivity contribution is 7.92. The molecule has 11 heteroatoms. The first-order valence-corrected chi connectivity index (χ1v) is 17.1. The summed E-state index contributed by atoms with van der Waals surface area (Å²) >= 11 is 0. The molecule has 1 unspecified atom stereocenters. The van der Waals surface area contributed by atoms with Crippen LogP contribution in [-0.4, -0.2) is 65.1 Å². The first-order chi connectivity index (χ1) is 22.1. The van der Waals surface area contributed by atoms with Gasteiger partial charge in [0.05, 0.1) is 31.9 Å². The molecule has 0 aliphatic heterocycles. The molecule has 0 spiro atoms. The van der Waals surface area contributed by atoms with Crippen LogP contribution in [0.5, 0.6) is 17.2 Å². The van der Waals surface area contributed by atoms with E-state index in [9.17, 15) is 18.0 Å². The van der Waals surface area contributed by atoms with Crippen molar-refractivity contribution >= 4 is 27.5 Å². The minimum atomic E-state index is -4.28. The van der Waals surface area contributed by atoms with E-state index >= 15 is 0 Å². The summed E-state index contributed by atoms with van der Waals surface area (Å²) in [6.07, 6.45) is 5.37. The number of nitrogens with zero attached hydrogens (tertiary/aromatic N) is 2. The Morgan fingerprint density at radius 2 is 1.50 bits per heavy atom. The Bertz CT molecular complexity index is 1570. The van der Waals surface area contributed by atoms with Gasteiger partial charge in [0.1, 0.15) is 29.8 Å². The highest BCUT2D eigenvalue weighted by Gasteiger charge is 2.35. The van der Waals surface area contributed by atoms with Gasteiger partial charge in [-0.2, -0.15) is 0 Å². The topological polar surface area (TPSA) is 114 Å². The van der Waals surface area contributed by atoms with E-state index < -0.39 is 28.5 Å². The fourth-order valence-electron chi connectivity index (χ4n) is 5.73. The molecule has 3 aromatic rings. The molecule has 46 heavy (non-hydrogen) atoms. The molecule has 0 radical (unpaired) electrons. The Morgan fingerprint density at radius 3 is 2.09 bits per heavy atom. The molecule has 1 aliphatic carbocycles. The highest BCUT2D eigenvalue weighted by atomic mass is 32.2. The molecule has 1 fully saturated rings. The predicted octanol–water partition coefficient (Wildman–Crippen LogP) is 5.47. The Morgan fingerprint density at radius 1 is 0.870 bits per heavy atom. The highest BCUT2D eigenvalue weighted by Crippen LogP contribution is 2.36. The monoisotopic (exact) mass is 651 g/mol. The molecule has 1 aliphatic rings. The molecule has 0 bridgehead atoms. The molecule has 10 nitrogen and oxygen atoms in total. The van der Waals surface area contributed by atoms with Crippen molar-refractivity contribution in [1.29, 1.82) is 0 Å². The SMILES string of the molecule is CCC(C(=O)NC1CCCCC1)N(Cc1ccc(OC)cc1)C(=O)CN(c1cc(OC)ccc1OC)S(=O)(=O)c1ccc(C)cc1. The van der Waals surface area contributed by atoms with Crippen LogP contribution in [0.25, 0.3) is 0 Å². The zero-order valence-corrected chi connectivity index (χ0v) is 28.1. The van der Waals surface area contributed by atoms with Gasteiger partial charge in [0.15, 0.2) is 0 Å². The van der Waals surface area contributed by atoms with Crippen LogP contribution >= 0.6 is 0 Å². The number of aryl methyl sites for hydroxylation is 1. The lowest BCUT2D eigenvalue weighted by Crippen LogP contribution is -2.54. The number of carbonyl (C=O) groups excluding carboxylic acids is 2. The summed E-state index contributed by atoms with van der Waals surface area (Å²) in [6, 6.07) is 17.7. The van der Waals surface area contributed by atoms with E-state index in [1.54, 1.807) is 43.5 Å². The molecule has 1 saturated carbocycles. The Balaban J connectivity index is 1.77. The maximum atomic E-state index is 14.5. The first-order valence-electron chi connectivity index (χ1n) is 15.7. The number of sulfonamides is 1. The Kier molecular flexibility index (Phi) is 11.9. The second kappa shape index (κ2) is 15.8. The summed E-state index contributed by atoms with van der Waals surface area (Å²) in [6.45, 7) is 3.23. The van der Waals surface area contributed by atoms with Crippen LogP contribution in [0.4, 0.5) is 5.69 Å². The van der Waals surface area contributed by atoms with Gasteiger partial charge in [0, 0.05) is 18.7 Å². The van der Waals surface area contributed by atoms with Crippen molar-refractivity contribution in [3.63, 3.8) is 0 Å². The molecule has 2 amide bonds. The number of methoxy groups -OCH3 is 3. The number of hydrogen-bond donors (Lipinski definition) is 1. The van der Waals surface area contributed by atoms with E-state index in [1.807, 2.05) is 26.0 Å². The maximum Gasteiger partial charge on any atom is 0.264 e. The van der Waals surface area contributed by atoms with E-state index in [2.05, 4.69) is 5.32 Å². The average molecular weight is 652 g/mol. The van der Waals surface area contributed by atoms with Gasteiger partial charge in [-0.05, 0) is 68.1 Å². The number of ether oxygens (including phenoxy) is 3. The van der Waals surface area contributed by atoms with Crippen molar-refractivity contribution in [2.45, 2.75) is 75.9 Å². The average Bonchev–Trinajstić information content (AvgIpc) is 3.07. The number of amides is 2. The fraction of sp³-hybridized carbons (Fsp3) is 0.429. The lowest BCUT2D eigenvalue weighted by Gasteiger charge is -2.34. The van der Waals surface area contributed by atoms with Gasteiger partial charge in [-0.15, -0.1) is 0 Å². The van der Waals surface area contributed by atoms with E-state index in [4.69, 9.17) is 14.2 Å². The number of nitrogens with one attached hydrogen (secondary N) is 1. The van der Waals surface area contributed by atoms with Gasteiger partial charge in [0.2, 0.25) is 11.8 Å². The van der Waals surface area contributed by atoms with E-state index in [1.165, 1.54) is 37.3 Å². The molecular weight excluding hydrogens is 606 g/mol. The van der Waals surface area contributed by atoms with E-state index in [0.717, 1.165) is 47.5 Å². The Labute approximate surface area is 272 Å². The van der Waals surface area contributed by atoms with Crippen LogP contribution in [0.3, 0.4) is 0 Å².